The molecule has 2 heterocycles. The number of aryl methyl sites for hydroxylation is 2. The zero-order valence-electron chi connectivity index (χ0n) is 22.9. The highest BCUT2D eigenvalue weighted by molar-refractivity contribution is 6.09. The lowest BCUT2D eigenvalue weighted by molar-refractivity contribution is -0.132. The van der Waals surface area contributed by atoms with Crippen molar-refractivity contribution < 1.29 is 19.1 Å². The van der Waals surface area contributed by atoms with Gasteiger partial charge < -0.3 is 14.8 Å². The summed E-state index contributed by atoms with van der Waals surface area (Å²) in [6, 6.07) is 20.1. The number of fused-ring (bicyclic) bond motifs is 2. The summed E-state index contributed by atoms with van der Waals surface area (Å²) in [5.74, 6) is 0.531. The lowest BCUT2D eigenvalue weighted by Crippen LogP contribution is -2.52. The molecule has 40 heavy (non-hydrogen) atoms. The minimum absolute atomic E-state index is 0.0418. The second-order valence-electron chi connectivity index (χ2n) is 10.7. The van der Waals surface area contributed by atoms with Crippen LogP contribution in [0.5, 0.6) is 11.5 Å². The molecule has 8 heteroatoms. The average molecular weight is 539 g/mol. The van der Waals surface area contributed by atoms with Gasteiger partial charge in [-0.2, -0.15) is 5.10 Å². The van der Waals surface area contributed by atoms with E-state index >= 15 is 0 Å². The maximum Gasteiger partial charge on any atom is 0.272 e. The zero-order chi connectivity index (χ0) is 27.6. The number of anilines is 1. The van der Waals surface area contributed by atoms with Crippen LogP contribution in [0, 0.1) is 6.92 Å². The lowest BCUT2D eigenvalue weighted by atomic mass is 9.94. The molecule has 2 aliphatic rings. The molecule has 206 valence electrons. The first-order chi connectivity index (χ1) is 19.5. The molecule has 1 fully saturated rings. The van der Waals surface area contributed by atoms with E-state index in [-0.39, 0.29) is 24.5 Å². The summed E-state index contributed by atoms with van der Waals surface area (Å²) < 4.78 is 13.8. The van der Waals surface area contributed by atoms with E-state index in [1.165, 1.54) is 6.42 Å². The van der Waals surface area contributed by atoms with Gasteiger partial charge in [-0.05, 0) is 43.4 Å². The number of nitrogens with zero attached hydrogens (tertiary/aromatic N) is 3. The summed E-state index contributed by atoms with van der Waals surface area (Å²) >= 11 is 0. The van der Waals surface area contributed by atoms with Crippen molar-refractivity contribution in [2.45, 2.75) is 57.2 Å². The molecular weight excluding hydrogens is 504 g/mol. The zero-order valence-corrected chi connectivity index (χ0v) is 22.9. The molecule has 1 aromatic heterocycles. The Bertz CT molecular complexity index is 1540. The second kappa shape index (κ2) is 11.0. The van der Waals surface area contributed by atoms with Crippen LogP contribution in [0.2, 0.25) is 0 Å². The van der Waals surface area contributed by atoms with E-state index in [1.807, 2.05) is 80.8 Å². The fraction of sp³-hybridized carbons (Fsp3) is 0.344. The Morgan fingerprint density at radius 3 is 2.48 bits per heavy atom. The van der Waals surface area contributed by atoms with Gasteiger partial charge in [-0.25, -0.2) is 0 Å². The third-order valence-corrected chi connectivity index (χ3v) is 7.85. The largest absolute Gasteiger partial charge is 0.485 e. The van der Waals surface area contributed by atoms with Crippen LogP contribution in [0.1, 0.15) is 49.4 Å². The van der Waals surface area contributed by atoms with Crippen LogP contribution in [0.15, 0.2) is 72.9 Å². The summed E-state index contributed by atoms with van der Waals surface area (Å²) in [6.07, 6.45) is 6.11. The van der Waals surface area contributed by atoms with Gasteiger partial charge in [0.25, 0.3) is 5.91 Å². The molecule has 0 unspecified atom stereocenters. The highest BCUT2D eigenvalue weighted by Crippen LogP contribution is 2.38. The van der Waals surface area contributed by atoms with E-state index in [0.717, 1.165) is 36.5 Å². The minimum atomic E-state index is -0.949. The lowest BCUT2D eigenvalue weighted by Gasteiger charge is -2.36. The fourth-order valence-corrected chi connectivity index (χ4v) is 5.91. The van der Waals surface area contributed by atoms with Gasteiger partial charge in [0, 0.05) is 30.2 Å². The fourth-order valence-electron chi connectivity index (χ4n) is 5.91. The molecule has 2 amide bonds. The van der Waals surface area contributed by atoms with E-state index in [0.29, 0.717) is 28.4 Å². The molecule has 1 saturated carbocycles. The molecule has 1 N–H and O–H groups in total. The molecule has 1 aliphatic heterocycles. The van der Waals surface area contributed by atoms with Crippen LogP contribution in [0.25, 0.3) is 10.8 Å². The van der Waals surface area contributed by atoms with E-state index in [1.54, 1.807) is 15.6 Å². The van der Waals surface area contributed by atoms with Crippen molar-refractivity contribution in [3.8, 4) is 11.5 Å². The van der Waals surface area contributed by atoms with E-state index < -0.39 is 12.1 Å². The summed E-state index contributed by atoms with van der Waals surface area (Å²) in [4.78, 5) is 30.5. The van der Waals surface area contributed by atoms with Crippen molar-refractivity contribution in [1.29, 1.82) is 0 Å². The van der Waals surface area contributed by atoms with E-state index in [2.05, 4.69) is 10.4 Å². The van der Waals surface area contributed by atoms with E-state index in [9.17, 15) is 9.59 Å². The van der Waals surface area contributed by atoms with Gasteiger partial charge >= 0.3 is 0 Å². The third kappa shape index (κ3) is 5.01. The first-order valence-electron chi connectivity index (χ1n) is 14.0. The van der Waals surface area contributed by atoms with Crippen molar-refractivity contribution in [1.82, 2.24) is 15.1 Å². The number of carbonyl (C=O) groups is 2. The molecule has 0 radical (unpaired) electrons. The molecule has 6 rings (SSSR count). The summed E-state index contributed by atoms with van der Waals surface area (Å²) in [7, 11) is 1.83. The Balaban J connectivity index is 1.48. The SMILES string of the molecule is Cc1nn(C)cc1[C@H](C(=O)NC1CCCCC1)N(C(=O)[C@@H]1COc2ccccc2O1)c1cccc2ccccc12. The highest BCUT2D eigenvalue weighted by atomic mass is 16.6. The molecule has 3 aromatic carbocycles. The Kier molecular flexibility index (Phi) is 7.15. The van der Waals surface area contributed by atoms with Crippen LogP contribution in [-0.4, -0.2) is 40.3 Å². The summed E-state index contributed by atoms with van der Waals surface area (Å²) in [5, 5.41) is 9.67. The smallest absolute Gasteiger partial charge is 0.272 e. The maximum absolute atomic E-state index is 14.6. The van der Waals surface area contributed by atoms with Crippen molar-refractivity contribution in [3.05, 3.63) is 84.2 Å². The van der Waals surface area contributed by atoms with Gasteiger partial charge in [0.05, 0.1) is 11.4 Å². The van der Waals surface area contributed by atoms with Crippen LogP contribution >= 0.6 is 0 Å². The number of benzene rings is 3. The highest BCUT2D eigenvalue weighted by Gasteiger charge is 2.41. The van der Waals surface area contributed by atoms with Crippen molar-refractivity contribution in [3.63, 3.8) is 0 Å². The first kappa shape index (κ1) is 25.9. The number of para-hydroxylation sites is 2. The number of hydrogen-bond donors (Lipinski definition) is 1. The number of amides is 2. The van der Waals surface area contributed by atoms with Gasteiger partial charge in [-0.3, -0.25) is 19.2 Å². The number of carbonyl (C=O) groups excluding carboxylic acids is 2. The van der Waals surface area contributed by atoms with Crippen LogP contribution < -0.4 is 19.7 Å². The summed E-state index contributed by atoms with van der Waals surface area (Å²) in [5.41, 5.74) is 2.00. The molecule has 0 saturated heterocycles. The van der Waals surface area contributed by atoms with Crippen LogP contribution in [0.3, 0.4) is 0 Å². The molecule has 4 aromatic rings. The Labute approximate surface area is 233 Å². The van der Waals surface area contributed by atoms with Gasteiger partial charge in [-0.15, -0.1) is 0 Å². The second-order valence-corrected chi connectivity index (χ2v) is 10.7. The average Bonchev–Trinajstić information content (AvgIpc) is 3.32. The van der Waals surface area contributed by atoms with Gasteiger partial charge in [-0.1, -0.05) is 67.8 Å². The molecule has 2 atom stereocenters. The van der Waals surface area contributed by atoms with Crippen LogP contribution in [-0.2, 0) is 16.6 Å². The van der Waals surface area contributed by atoms with Crippen LogP contribution in [0.4, 0.5) is 5.69 Å². The van der Waals surface area contributed by atoms with Gasteiger partial charge in [0.2, 0.25) is 12.0 Å². The number of nitrogens with one attached hydrogen (secondary N) is 1. The van der Waals surface area contributed by atoms with Crippen molar-refractivity contribution in [2.24, 2.45) is 7.05 Å². The number of hydrogen-bond acceptors (Lipinski definition) is 5. The van der Waals surface area contributed by atoms with E-state index in [4.69, 9.17) is 9.47 Å². The third-order valence-electron chi connectivity index (χ3n) is 7.85. The Morgan fingerprint density at radius 1 is 0.975 bits per heavy atom. The minimum Gasteiger partial charge on any atom is -0.485 e. The predicted octanol–water partition coefficient (Wildman–Crippen LogP) is 5.24. The number of aromatic nitrogens is 2. The molecule has 1 aliphatic carbocycles. The van der Waals surface area contributed by atoms with Gasteiger partial charge in [0.15, 0.2) is 11.5 Å². The topological polar surface area (TPSA) is 85.7 Å². The first-order valence-corrected chi connectivity index (χ1v) is 14.0. The van der Waals surface area contributed by atoms with Crippen molar-refractivity contribution >= 4 is 28.3 Å². The molecule has 8 nitrogen and oxygen atoms in total. The number of ether oxygens (including phenoxy) is 2. The maximum atomic E-state index is 14.6. The quantitative estimate of drug-likeness (QED) is 0.363. The molecular formula is C32H34N4O4. The standard InChI is InChI=1S/C32H34N4O4/c1-21-25(19-35(2)34-21)30(31(37)33-23-13-4-3-5-14-23)36(26-16-10-12-22-11-6-7-15-24(22)26)32(38)29-20-39-27-17-8-9-18-28(27)40-29/h6-12,15-19,23,29-30H,3-5,13-14,20H2,1-2H3,(H,33,37)/t29-,30+/m0/s1. The number of rotatable bonds is 6. The van der Waals surface area contributed by atoms with Crippen molar-refractivity contribution in [2.75, 3.05) is 11.5 Å². The molecule has 0 spiro atoms. The van der Waals surface area contributed by atoms with Gasteiger partial charge in [0.1, 0.15) is 12.6 Å². The monoisotopic (exact) mass is 538 g/mol. The summed E-state index contributed by atoms with van der Waals surface area (Å²) in [6.45, 7) is 1.92. The Morgan fingerprint density at radius 2 is 1.70 bits per heavy atom. The predicted molar refractivity (Wildman–Crippen MR) is 153 cm³/mol. The normalized spacial score (nSPS) is 17.8. The Hall–Kier alpha value is -4.33. The molecule has 0 bridgehead atoms.